The van der Waals surface area contributed by atoms with Gasteiger partial charge in [0.2, 0.25) is 0 Å². The zero-order valence-corrected chi connectivity index (χ0v) is 14.2. The van der Waals surface area contributed by atoms with Crippen LogP contribution < -0.4 is 0 Å². The van der Waals surface area contributed by atoms with Crippen molar-refractivity contribution in [2.45, 2.75) is 71.6 Å². The Morgan fingerprint density at radius 3 is 1.50 bits per heavy atom. The molecular weight excluding hydrogens is 284 g/mol. The lowest BCUT2D eigenvalue weighted by Crippen LogP contribution is -2.19. The molecule has 0 spiro atoms. The summed E-state index contributed by atoms with van der Waals surface area (Å²) in [7, 11) is 0. The van der Waals surface area contributed by atoms with E-state index in [1.165, 1.54) is 19.3 Å². The zero-order chi connectivity index (χ0) is 16.5. The van der Waals surface area contributed by atoms with Gasteiger partial charge in [-0.1, -0.05) is 58.8 Å². The van der Waals surface area contributed by atoms with E-state index in [-0.39, 0.29) is 13.2 Å². The van der Waals surface area contributed by atoms with E-state index < -0.39 is 11.9 Å². The molecule has 0 N–H and O–H groups in total. The normalized spacial score (nSPS) is 10.5. The summed E-state index contributed by atoms with van der Waals surface area (Å²) in [6.45, 7) is 4.75. The molecule has 0 rings (SSSR count). The number of esters is 2. The van der Waals surface area contributed by atoms with Gasteiger partial charge in [-0.3, -0.25) is 0 Å². The summed E-state index contributed by atoms with van der Waals surface area (Å²) in [4.78, 5) is 22.7. The maximum atomic E-state index is 11.3. The second-order valence-corrected chi connectivity index (χ2v) is 5.41. The van der Waals surface area contributed by atoms with Crippen LogP contribution in [0.5, 0.6) is 0 Å². The molecule has 5 heteroatoms. The van der Waals surface area contributed by atoms with Crippen molar-refractivity contribution in [3.63, 3.8) is 0 Å². The van der Waals surface area contributed by atoms with E-state index >= 15 is 0 Å². The van der Waals surface area contributed by atoms with Crippen LogP contribution in [0.15, 0.2) is 0 Å². The van der Waals surface area contributed by atoms with Crippen LogP contribution in [0.4, 0.5) is 0 Å². The summed E-state index contributed by atoms with van der Waals surface area (Å²) in [6.07, 6.45) is 9.79. The predicted octanol–water partition coefficient (Wildman–Crippen LogP) is 3.64. The Labute approximate surface area is 134 Å². The standard InChI is InChI=1S/C17H32O5/c1-3-5-7-9-11-13-22-17(19)15-20-14-16(18)21-12-10-8-6-4-2/h3-15H2,1-2H3. The van der Waals surface area contributed by atoms with Gasteiger partial charge in [-0.25, -0.2) is 9.59 Å². The van der Waals surface area contributed by atoms with Crippen LogP contribution in [0.1, 0.15) is 71.6 Å². The summed E-state index contributed by atoms with van der Waals surface area (Å²) >= 11 is 0. The molecule has 0 aromatic carbocycles. The van der Waals surface area contributed by atoms with Crippen LogP contribution in [0.2, 0.25) is 0 Å². The maximum absolute atomic E-state index is 11.3. The van der Waals surface area contributed by atoms with E-state index in [1.54, 1.807) is 0 Å². The van der Waals surface area contributed by atoms with Crippen molar-refractivity contribution in [2.24, 2.45) is 0 Å². The Bertz CT molecular complexity index is 278. The average molecular weight is 316 g/mol. The molecule has 0 saturated heterocycles. The van der Waals surface area contributed by atoms with Crippen LogP contribution in [0.25, 0.3) is 0 Å². The van der Waals surface area contributed by atoms with E-state index in [9.17, 15) is 9.59 Å². The number of hydrogen-bond donors (Lipinski definition) is 0. The van der Waals surface area contributed by atoms with Gasteiger partial charge in [-0.15, -0.1) is 0 Å². The molecule has 0 aromatic rings. The van der Waals surface area contributed by atoms with Crippen molar-refractivity contribution in [2.75, 3.05) is 26.4 Å². The Hall–Kier alpha value is -1.10. The molecule has 0 atom stereocenters. The molecule has 0 saturated carbocycles. The molecule has 0 amide bonds. The first-order valence-corrected chi connectivity index (χ1v) is 8.59. The molecular formula is C17H32O5. The van der Waals surface area contributed by atoms with Gasteiger partial charge in [0.15, 0.2) is 0 Å². The van der Waals surface area contributed by atoms with E-state index in [2.05, 4.69) is 13.8 Å². The van der Waals surface area contributed by atoms with Gasteiger partial charge in [0, 0.05) is 0 Å². The average Bonchev–Trinajstić information content (AvgIpc) is 2.50. The second kappa shape index (κ2) is 16.3. The molecule has 0 unspecified atom stereocenters. The number of ether oxygens (including phenoxy) is 3. The minimum atomic E-state index is -0.427. The van der Waals surface area contributed by atoms with Crippen molar-refractivity contribution in [1.82, 2.24) is 0 Å². The maximum Gasteiger partial charge on any atom is 0.332 e. The third-order valence-corrected chi connectivity index (χ3v) is 3.21. The smallest absolute Gasteiger partial charge is 0.332 e. The van der Waals surface area contributed by atoms with Gasteiger partial charge < -0.3 is 14.2 Å². The summed E-state index contributed by atoms with van der Waals surface area (Å²) in [5, 5.41) is 0. The first kappa shape index (κ1) is 20.9. The molecule has 0 radical (unpaired) electrons. The van der Waals surface area contributed by atoms with Gasteiger partial charge in [0.1, 0.15) is 13.2 Å². The minimum absolute atomic E-state index is 0.195. The third kappa shape index (κ3) is 15.3. The summed E-state index contributed by atoms with van der Waals surface area (Å²) in [6, 6.07) is 0. The van der Waals surface area contributed by atoms with Gasteiger partial charge in [-0.05, 0) is 12.8 Å². The molecule has 5 nitrogen and oxygen atoms in total. The summed E-state index contributed by atoms with van der Waals surface area (Å²) < 4.78 is 15.0. The molecule has 0 bridgehead atoms. The Kier molecular flexibility index (Phi) is 15.5. The number of carbonyl (C=O) groups excluding carboxylic acids is 2. The Morgan fingerprint density at radius 2 is 1.05 bits per heavy atom. The van der Waals surface area contributed by atoms with Gasteiger partial charge in [0.25, 0.3) is 0 Å². The molecule has 0 aliphatic carbocycles. The first-order chi connectivity index (χ1) is 10.7. The lowest BCUT2D eigenvalue weighted by atomic mass is 10.2. The molecule has 0 aromatic heterocycles. The van der Waals surface area contributed by atoms with Crippen LogP contribution in [-0.2, 0) is 23.8 Å². The van der Waals surface area contributed by atoms with Crippen LogP contribution >= 0.6 is 0 Å². The van der Waals surface area contributed by atoms with Gasteiger partial charge in [-0.2, -0.15) is 0 Å². The SMILES string of the molecule is CCCCCCCOC(=O)COCC(=O)OCCCCCC. The highest BCUT2D eigenvalue weighted by atomic mass is 16.6. The number of rotatable bonds is 15. The fourth-order valence-corrected chi connectivity index (χ4v) is 1.91. The lowest BCUT2D eigenvalue weighted by molar-refractivity contribution is -0.155. The zero-order valence-electron chi connectivity index (χ0n) is 14.2. The summed E-state index contributed by atoms with van der Waals surface area (Å²) in [5.41, 5.74) is 0. The van der Waals surface area contributed by atoms with E-state index in [0.717, 1.165) is 38.5 Å². The second-order valence-electron chi connectivity index (χ2n) is 5.41. The number of carbonyl (C=O) groups is 2. The highest BCUT2D eigenvalue weighted by molar-refractivity contribution is 5.73. The van der Waals surface area contributed by atoms with Crippen LogP contribution in [0.3, 0.4) is 0 Å². The van der Waals surface area contributed by atoms with Crippen LogP contribution in [-0.4, -0.2) is 38.4 Å². The van der Waals surface area contributed by atoms with Gasteiger partial charge >= 0.3 is 11.9 Å². The fraction of sp³-hybridized carbons (Fsp3) is 0.882. The van der Waals surface area contributed by atoms with Crippen molar-refractivity contribution >= 4 is 11.9 Å². The monoisotopic (exact) mass is 316 g/mol. The fourth-order valence-electron chi connectivity index (χ4n) is 1.91. The number of hydrogen-bond acceptors (Lipinski definition) is 5. The molecule has 0 aliphatic heterocycles. The highest BCUT2D eigenvalue weighted by Crippen LogP contribution is 2.02. The van der Waals surface area contributed by atoms with Crippen molar-refractivity contribution in [3.8, 4) is 0 Å². The van der Waals surface area contributed by atoms with Crippen molar-refractivity contribution in [3.05, 3.63) is 0 Å². The lowest BCUT2D eigenvalue weighted by Gasteiger charge is -2.06. The molecule has 0 fully saturated rings. The topological polar surface area (TPSA) is 61.8 Å². The molecule has 22 heavy (non-hydrogen) atoms. The van der Waals surface area contributed by atoms with E-state index in [1.807, 2.05) is 0 Å². The van der Waals surface area contributed by atoms with E-state index in [0.29, 0.717) is 13.2 Å². The molecule has 130 valence electrons. The third-order valence-electron chi connectivity index (χ3n) is 3.21. The van der Waals surface area contributed by atoms with Crippen molar-refractivity contribution < 1.29 is 23.8 Å². The van der Waals surface area contributed by atoms with E-state index in [4.69, 9.17) is 14.2 Å². The Morgan fingerprint density at radius 1 is 0.636 bits per heavy atom. The largest absolute Gasteiger partial charge is 0.464 e. The predicted molar refractivity (Wildman–Crippen MR) is 85.6 cm³/mol. The Balaban J connectivity index is 3.34. The minimum Gasteiger partial charge on any atom is -0.464 e. The highest BCUT2D eigenvalue weighted by Gasteiger charge is 2.07. The van der Waals surface area contributed by atoms with Crippen LogP contribution in [0, 0.1) is 0 Å². The summed E-state index contributed by atoms with van der Waals surface area (Å²) in [5.74, 6) is -0.852. The molecule has 0 aliphatic rings. The number of unbranched alkanes of at least 4 members (excludes halogenated alkanes) is 7. The van der Waals surface area contributed by atoms with Gasteiger partial charge in [0.05, 0.1) is 13.2 Å². The molecule has 0 heterocycles. The quantitative estimate of drug-likeness (QED) is 0.341. The first-order valence-electron chi connectivity index (χ1n) is 8.59. The van der Waals surface area contributed by atoms with Crippen molar-refractivity contribution in [1.29, 1.82) is 0 Å².